The molecule has 1 amide bonds. The Morgan fingerprint density at radius 3 is 2.52 bits per heavy atom. The molecule has 1 heterocycles. The number of benzene rings is 1. The Morgan fingerprint density at radius 1 is 1.24 bits per heavy atom. The molecule has 0 saturated carbocycles. The molecule has 1 aromatic carbocycles. The van der Waals surface area contributed by atoms with E-state index in [0.29, 0.717) is 13.2 Å². The van der Waals surface area contributed by atoms with Gasteiger partial charge in [-0.2, -0.15) is 0 Å². The third kappa shape index (κ3) is 4.37. The number of rotatable bonds is 5. The molecule has 0 aromatic heterocycles. The van der Waals surface area contributed by atoms with Gasteiger partial charge in [-0.05, 0) is 50.4 Å². The Bertz CT molecular complexity index is 768. The fourth-order valence-electron chi connectivity index (χ4n) is 4.38. The minimum absolute atomic E-state index is 0.0699. The van der Waals surface area contributed by atoms with Crippen LogP contribution < -0.4 is 0 Å². The summed E-state index contributed by atoms with van der Waals surface area (Å²) >= 11 is 0. The Kier molecular flexibility index (Phi) is 6.15. The third-order valence-corrected chi connectivity index (χ3v) is 11.7. The molecule has 0 bridgehead atoms. The summed E-state index contributed by atoms with van der Waals surface area (Å²) in [6.45, 7) is 16.6. The van der Waals surface area contributed by atoms with Gasteiger partial charge in [0, 0.05) is 5.92 Å². The number of hydrogen-bond donors (Lipinski definition) is 0. The van der Waals surface area contributed by atoms with Gasteiger partial charge in [-0.25, -0.2) is 5.06 Å². The van der Waals surface area contributed by atoms with E-state index in [1.54, 1.807) is 5.06 Å². The Balaban J connectivity index is 1.87. The van der Waals surface area contributed by atoms with Gasteiger partial charge in [0.05, 0.1) is 18.6 Å². The molecule has 2 aliphatic rings. The molecule has 160 valence electrons. The van der Waals surface area contributed by atoms with Gasteiger partial charge in [-0.15, -0.1) is 0 Å². The number of carbonyl (C=O) groups is 1. The van der Waals surface area contributed by atoms with Gasteiger partial charge in [-0.1, -0.05) is 62.8 Å². The van der Waals surface area contributed by atoms with Crippen LogP contribution in [-0.4, -0.2) is 32.0 Å². The summed E-state index contributed by atoms with van der Waals surface area (Å²) in [6.07, 6.45) is 3.93. The Morgan fingerprint density at radius 2 is 1.90 bits per heavy atom. The molecule has 0 N–H and O–H groups in total. The van der Waals surface area contributed by atoms with Crippen LogP contribution in [0.1, 0.15) is 53.0 Å². The van der Waals surface area contributed by atoms with Crippen molar-refractivity contribution in [2.24, 2.45) is 11.3 Å². The third-order valence-electron chi connectivity index (χ3n) is 7.24. The summed E-state index contributed by atoms with van der Waals surface area (Å²) < 4.78 is 6.56. The molecule has 1 aromatic rings. The number of nitrogens with zero attached hydrogens (tertiary/aromatic N) is 1. The highest BCUT2D eigenvalue weighted by atomic mass is 28.4. The highest BCUT2D eigenvalue weighted by Gasteiger charge is 2.54. The normalized spacial score (nSPS) is 28.2. The molecule has 0 spiro atoms. The molecule has 0 radical (unpaired) electrons. The summed E-state index contributed by atoms with van der Waals surface area (Å²) in [5.41, 5.74) is 1.90. The summed E-state index contributed by atoms with van der Waals surface area (Å²) in [4.78, 5) is 19.8. The van der Waals surface area contributed by atoms with Crippen molar-refractivity contribution in [2.45, 2.75) is 78.2 Å². The molecule has 4 nitrogen and oxygen atoms in total. The molecule has 1 aliphatic carbocycles. The van der Waals surface area contributed by atoms with E-state index in [1.807, 2.05) is 30.3 Å². The van der Waals surface area contributed by atoms with E-state index in [9.17, 15) is 4.79 Å². The zero-order valence-electron chi connectivity index (χ0n) is 19.1. The minimum Gasteiger partial charge on any atom is -0.414 e. The second-order valence-corrected chi connectivity index (χ2v) is 15.2. The molecular weight excluding hydrogens is 378 g/mol. The van der Waals surface area contributed by atoms with E-state index in [2.05, 4.69) is 53.8 Å². The van der Waals surface area contributed by atoms with Crippen molar-refractivity contribution in [2.75, 3.05) is 6.61 Å². The summed E-state index contributed by atoms with van der Waals surface area (Å²) in [7, 11) is -1.91. The molecule has 1 saturated heterocycles. The fraction of sp³-hybridized carbons (Fsp3) is 0.625. The van der Waals surface area contributed by atoms with Crippen LogP contribution in [0.2, 0.25) is 18.1 Å². The smallest absolute Gasteiger partial charge is 0.253 e. The van der Waals surface area contributed by atoms with E-state index in [1.165, 1.54) is 5.57 Å². The van der Waals surface area contributed by atoms with Crippen molar-refractivity contribution in [3.05, 3.63) is 47.5 Å². The molecule has 5 heteroatoms. The standard InChI is InChI=1S/C24H37NO3Si/c1-18-12-11-15-24(5)21(18)20(17-27-29(6,7)23(2,3)4)28-25(22(24)26)16-19-13-9-8-10-14-19/h8-10,12-14,20-21H,11,15-17H2,1-7H3/t20-,21-,24-/m0/s1. The van der Waals surface area contributed by atoms with Crippen LogP contribution in [0.4, 0.5) is 0 Å². The molecule has 29 heavy (non-hydrogen) atoms. The number of allylic oxidation sites excluding steroid dienone is 1. The van der Waals surface area contributed by atoms with Crippen molar-refractivity contribution in [3.8, 4) is 0 Å². The monoisotopic (exact) mass is 415 g/mol. The van der Waals surface area contributed by atoms with Crippen molar-refractivity contribution >= 4 is 14.2 Å². The predicted octanol–water partition coefficient (Wildman–Crippen LogP) is 5.71. The second kappa shape index (κ2) is 8.01. The van der Waals surface area contributed by atoms with Gasteiger partial charge in [0.25, 0.3) is 5.91 Å². The maximum atomic E-state index is 13.5. The summed E-state index contributed by atoms with van der Waals surface area (Å²) in [5, 5.41) is 1.74. The number of hydroxylamine groups is 2. The first kappa shape index (κ1) is 22.3. The first-order chi connectivity index (χ1) is 13.5. The van der Waals surface area contributed by atoms with Gasteiger partial charge < -0.3 is 4.43 Å². The maximum absolute atomic E-state index is 13.5. The largest absolute Gasteiger partial charge is 0.414 e. The van der Waals surface area contributed by atoms with Gasteiger partial charge in [0.2, 0.25) is 0 Å². The van der Waals surface area contributed by atoms with E-state index >= 15 is 0 Å². The van der Waals surface area contributed by atoms with Crippen LogP contribution in [-0.2, 0) is 20.6 Å². The molecule has 3 atom stereocenters. The van der Waals surface area contributed by atoms with Crippen molar-refractivity contribution in [1.82, 2.24) is 5.06 Å². The first-order valence-corrected chi connectivity index (χ1v) is 13.7. The number of carbonyl (C=O) groups excluding carboxylic acids is 1. The lowest BCUT2D eigenvalue weighted by Gasteiger charge is -2.51. The van der Waals surface area contributed by atoms with Crippen LogP contribution in [0.15, 0.2) is 42.0 Å². The van der Waals surface area contributed by atoms with E-state index in [4.69, 9.17) is 9.26 Å². The lowest BCUT2D eigenvalue weighted by atomic mass is 9.64. The lowest BCUT2D eigenvalue weighted by molar-refractivity contribution is -0.264. The van der Waals surface area contributed by atoms with E-state index < -0.39 is 13.7 Å². The highest BCUT2D eigenvalue weighted by molar-refractivity contribution is 6.74. The molecular formula is C24H37NO3Si. The predicted molar refractivity (Wildman–Crippen MR) is 120 cm³/mol. The molecule has 3 rings (SSSR count). The lowest BCUT2D eigenvalue weighted by Crippen LogP contribution is -2.60. The average molecular weight is 416 g/mol. The van der Waals surface area contributed by atoms with Gasteiger partial charge >= 0.3 is 0 Å². The molecule has 0 unspecified atom stereocenters. The minimum atomic E-state index is -1.91. The van der Waals surface area contributed by atoms with Gasteiger partial charge in [-0.3, -0.25) is 9.63 Å². The maximum Gasteiger partial charge on any atom is 0.253 e. The van der Waals surface area contributed by atoms with Crippen LogP contribution >= 0.6 is 0 Å². The molecule has 1 aliphatic heterocycles. The van der Waals surface area contributed by atoms with Crippen molar-refractivity contribution in [3.63, 3.8) is 0 Å². The van der Waals surface area contributed by atoms with Crippen LogP contribution in [0.5, 0.6) is 0 Å². The van der Waals surface area contributed by atoms with Gasteiger partial charge in [0.1, 0.15) is 6.10 Å². The van der Waals surface area contributed by atoms with Crippen LogP contribution in [0, 0.1) is 11.3 Å². The Hall–Kier alpha value is -1.43. The SMILES string of the molecule is CC1=CCC[C@]2(C)C(=O)N(Cc3ccccc3)O[C@@H](CO[Si](C)(C)C(C)(C)C)[C@H]12. The summed E-state index contributed by atoms with van der Waals surface area (Å²) in [5.74, 6) is 0.169. The topological polar surface area (TPSA) is 38.8 Å². The Labute approximate surface area is 177 Å². The molecule has 1 fully saturated rings. The van der Waals surface area contributed by atoms with Crippen LogP contribution in [0.25, 0.3) is 0 Å². The fourth-order valence-corrected chi connectivity index (χ4v) is 5.39. The number of fused-ring (bicyclic) bond motifs is 1. The van der Waals surface area contributed by atoms with E-state index in [-0.39, 0.29) is 23.0 Å². The quantitative estimate of drug-likeness (QED) is 0.456. The van der Waals surface area contributed by atoms with Crippen molar-refractivity contribution < 1.29 is 14.1 Å². The first-order valence-electron chi connectivity index (χ1n) is 10.8. The number of amides is 1. The highest BCUT2D eigenvalue weighted by Crippen LogP contribution is 2.49. The van der Waals surface area contributed by atoms with Crippen LogP contribution in [0.3, 0.4) is 0 Å². The zero-order chi connectivity index (χ0) is 21.4. The zero-order valence-corrected chi connectivity index (χ0v) is 20.1. The average Bonchev–Trinajstić information content (AvgIpc) is 2.63. The second-order valence-electron chi connectivity index (χ2n) is 10.4. The van der Waals surface area contributed by atoms with E-state index in [0.717, 1.165) is 18.4 Å². The van der Waals surface area contributed by atoms with Crippen molar-refractivity contribution in [1.29, 1.82) is 0 Å². The number of hydrogen-bond acceptors (Lipinski definition) is 3. The van der Waals surface area contributed by atoms with Gasteiger partial charge in [0.15, 0.2) is 8.32 Å². The summed E-state index contributed by atoms with van der Waals surface area (Å²) in [6, 6.07) is 10.1.